The van der Waals surface area contributed by atoms with Crippen LogP contribution in [-0.4, -0.2) is 30.7 Å². The Hall–Kier alpha value is -1.82. The van der Waals surface area contributed by atoms with E-state index in [-0.39, 0.29) is 11.7 Å². The van der Waals surface area contributed by atoms with E-state index in [1.165, 1.54) is 13.2 Å². The summed E-state index contributed by atoms with van der Waals surface area (Å²) in [6, 6.07) is 5.44. The zero-order chi connectivity index (χ0) is 14.7. The molecule has 0 radical (unpaired) electrons. The zero-order valence-electron chi connectivity index (χ0n) is 11.9. The van der Waals surface area contributed by atoms with Gasteiger partial charge in [0.2, 0.25) is 0 Å². The number of benzene rings is 1. The van der Waals surface area contributed by atoms with Gasteiger partial charge in [0.15, 0.2) is 0 Å². The highest BCUT2D eigenvalue weighted by atomic mass is 16.6. The maximum Gasteiger partial charge on any atom is 0.275 e. The number of methoxy groups -OCH3 is 1. The molecule has 1 aliphatic heterocycles. The molecule has 2 rings (SSSR count). The summed E-state index contributed by atoms with van der Waals surface area (Å²) in [5.41, 5.74) is 6.72. The molecule has 0 aliphatic carbocycles. The van der Waals surface area contributed by atoms with E-state index >= 15 is 0 Å². The lowest BCUT2D eigenvalue weighted by Crippen LogP contribution is -2.49. The van der Waals surface area contributed by atoms with Gasteiger partial charge in [0, 0.05) is 36.4 Å². The average molecular weight is 279 g/mol. The average Bonchev–Trinajstić information content (AvgIpc) is 2.46. The van der Waals surface area contributed by atoms with Gasteiger partial charge in [0.1, 0.15) is 5.75 Å². The van der Waals surface area contributed by atoms with Crippen molar-refractivity contribution in [3.8, 4) is 5.75 Å². The van der Waals surface area contributed by atoms with Crippen molar-refractivity contribution in [1.29, 1.82) is 0 Å². The molecule has 0 spiro atoms. The molecule has 6 nitrogen and oxygen atoms in total. The van der Waals surface area contributed by atoms with Gasteiger partial charge in [-0.15, -0.1) is 0 Å². The predicted octanol–water partition coefficient (Wildman–Crippen LogP) is 2.31. The van der Waals surface area contributed by atoms with Crippen molar-refractivity contribution >= 4 is 11.4 Å². The van der Waals surface area contributed by atoms with Gasteiger partial charge in [0.25, 0.3) is 5.69 Å². The molecule has 1 aliphatic rings. The van der Waals surface area contributed by atoms with Gasteiger partial charge >= 0.3 is 0 Å². The lowest BCUT2D eigenvalue weighted by molar-refractivity contribution is -0.384. The van der Waals surface area contributed by atoms with Crippen molar-refractivity contribution in [2.24, 2.45) is 5.73 Å². The van der Waals surface area contributed by atoms with Gasteiger partial charge in [-0.25, -0.2) is 0 Å². The summed E-state index contributed by atoms with van der Waals surface area (Å²) < 4.78 is 5.18. The van der Waals surface area contributed by atoms with Crippen molar-refractivity contribution in [2.75, 3.05) is 18.6 Å². The van der Waals surface area contributed by atoms with Gasteiger partial charge < -0.3 is 15.4 Å². The Morgan fingerprint density at radius 2 is 2.20 bits per heavy atom. The third kappa shape index (κ3) is 2.85. The molecular formula is C14H21N3O3. The van der Waals surface area contributed by atoms with Crippen LogP contribution >= 0.6 is 0 Å². The zero-order valence-corrected chi connectivity index (χ0v) is 11.9. The number of hydrogen-bond acceptors (Lipinski definition) is 5. The fourth-order valence-electron chi connectivity index (χ4n) is 2.92. The van der Waals surface area contributed by atoms with Gasteiger partial charge in [0.05, 0.1) is 18.1 Å². The van der Waals surface area contributed by atoms with E-state index in [2.05, 4.69) is 11.8 Å². The van der Waals surface area contributed by atoms with Crippen LogP contribution in [0.1, 0.15) is 26.2 Å². The number of non-ortho nitro benzene ring substituents is 1. The molecule has 0 saturated carbocycles. The van der Waals surface area contributed by atoms with Crippen molar-refractivity contribution in [1.82, 2.24) is 0 Å². The normalized spacial score (nSPS) is 22.6. The largest absolute Gasteiger partial charge is 0.496 e. The Morgan fingerprint density at radius 3 is 2.80 bits per heavy atom. The summed E-state index contributed by atoms with van der Waals surface area (Å²) in [5, 5.41) is 11.0. The van der Waals surface area contributed by atoms with Crippen LogP contribution in [-0.2, 0) is 0 Å². The second kappa shape index (κ2) is 6.09. The van der Waals surface area contributed by atoms with E-state index < -0.39 is 4.92 Å². The minimum Gasteiger partial charge on any atom is -0.496 e. The minimum atomic E-state index is -0.391. The van der Waals surface area contributed by atoms with Crippen LogP contribution in [0, 0.1) is 10.1 Å². The van der Waals surface area contributed by atoms with E-state index in [1.54, 1.807) is 6.07 Å². The topological polar surface area (TPSA) is 81.6 Å². The second-order valence-electron chi connectivity index (χ2n) is 5.22. The molecule has 0 amide bonds. The Bertz CT molecular complexity index is 493. The summed E-state index contributed by atoms with van der Waals surface area (Å²) in [5.74, 6) is 0.503. The molecule has 1 heterocycles. The van der Waals surface area contributed by atoms with Crippen LogP contribution in [0.4, 0.5) is 11.4 Å². The van der Waals surface area contributed by atoms with Gasteiger partial charge in [-0.05, 0) is 26.2 Å². The molecule has 2 N–H and O–H groups in total. The first-order valence-corrected chi connectivity index (χ1v) is 6.88. The van der Waals surface area contributed by atoms with Gasteiger partial charge in [-0.1, -0.05) is 0 Å². The van der Waals surface area contributed by atoms with Crippen LogP contribution in [0.2, 0.25) is 0 Å². The summed E-state index contributed by atoms with van der Waals surface area (Å²) in [6.45, 7) is 2.68. The molecule has 20 heavy (non-hydrogen) atoms. The first-order chi connectivity index (χ1) is 9.56. The van der Waals surface area contributed by atoms with Crippen molar-refractivity contribution in [2.45, 2.75) is 38.3 Å². The third-order valence-corrected chi connectivity index (χ3v) is 3.92. The molecule has 2 unspecified atom stereocenters. The Morgan fingerprint density at radius 1 is 1.45 bits per heavy atom. The standard InChI is InChI=1S/C14H21N3O3/c1-10-4-3-5-11(9-15)16(10)12-6-13(17(18)19)8-14(7-12)20-2/h6-8,10-11H,3-5,9,15H2,1-2H3. The molecule has 1 saturated heterocycles. The van der Waals surface area contributed by atoms with Gasteiger partial charge in [-0.2, -0.15) is 0 Å². The van der Waals surface area contributed by atoms with E-state index in [4.69, 9.17) is 10.5 Å². The SMILES string of the molecule is COc1cc(N2C(C)CCCC2CN)cc([N+](=O)[O-])c1. The van der Waals surface area contributed by atoms with Crippen LogP contribution in [0.3, 0.4) is 0 Å². The van der Waals surface area contributed by atoms with E-state index in [0.29, 0.717) is 18.3 Å². The van der Waals surface area contributed by atoms with Crippen LogP contribution in [0.15, 0.2) is 18.2 Å². The molecule has 6 heteroatoms. The fourth-order valence-corrected chi connectivity index (χ4v) is 2.92. The monoisotopic (exact) mass is 279 g/mol. The number of nitrogens with zero attached hydrogens (tertiary/aromatic N) is 2. The van der Waals surface area contributed by atoms with Crippen molar-refractivity contribution < 1.29 is 9.66 Å². The lowest BCUT2D eigenvalue weighted by Gasteiger charge is -2.42. The van der Waals surface area contributed by atoms with E-state index in [0.717, 1.165) is 24.9 Å². The molecule has 0 bridgehead atoms. The Labute approximate surface area is 118 Å². The van der Waals surface area contributed by atoms with Crippen molar-refractivity contribution in [3.05, 3.63) is 28.3 Å². The summed E-state index contributed by atoms with van der Waals surface area (Å²) in [7, 11) is 1.52. The molecule has 2 atom stereocenters. The number of nitro benzene ring substituents is 1. The van der Waals surface area contributed by atoms with Crippen LogP contribution in [0.25, 0.3) is 0 Å². The number of nitro groups is 1. The first-order valence-electron chi connectivity index (χ1n) is 6.88. The Kier molecular flexibility index (Phi) is 4.44. The number of rotatable bonds is 4. The second-order valence-corrected chi connectivity index (χ2v) is 5.22. The predicted molar refractivity (Wildman–Crippen MR) is 78.3 cm³/mol. The Balaban J connectivity index is 2.43. The third-order valence-electron chi connectivity index (χ3n) is 3.92. The molecule has 0 aromatic heterocycles. The first kappa shape index (κ1) is 14.6. The smallest absolute Gasteiger partial charge is 0.275 e. The van der Waals surface area contributed by atoms with Gasteiger partial charge in [-0.3, -0.25) is 10.1 Å². The number of piperidine rings is 1. The fraction of sp³-hybridized carbons (Fsp3) is 0.571. The quantitative estimate of drug-likeness (QED) is 0.675. The van der Waals surface area contributed by atoms with Crippen molar-refractivity contribution in [3.63, 3.8) is 0 Å². The molecule has 1 fully saturated rings. The number of anilines is 1. The molecule has 1 aromatic rings. The summed E-state index contributed by atoms with van der Waals surface area (Å²) >= 11 is 0. The van der Waals surface area contributed by atoms with Crippen LogP contribution in [0.5, 0.6) is 5.75 Å². The molecule has 110 valence electrons. The summed E-state index contributed by atoms with van der Waals surface area (Å²) in [6.07, 6.45) is 3.24. The molecular weight excluding hydrogens is 258 g/mol. The highest BCUT2D eigenvalue weighted by molar-refractivity contribution is 5.59. The highest BCUT2D eigenvalue weighted by Gasteiger charge is 2.28. The lowest BCUT2D eigenvalue weighted by atomic mass is 9.95. The minimum absolute atomic E-state index is 0.0490. The van der Waals surface area contributed by atoms with E-state index in [1.807, 2.05) is 6.07 Å². The van der Waals surface area contributed by atoms with E-state index in [9.17, 15) is 10.1 Å². The molecule has 1 aromatic carbocycles. The summed E-state index contributed by atoms with van der Waals surface area (Å²) in [4.78, 5) is 12.8. The number of hydrogen-bond donors (Lipinski definition) is 1. The highest BCUT2D eigenvalue weighted by Crippen LogP contribution is 2.34. The maximum atomic E-state index is 11.0. The van der Waals surface area contributed by atoms with Crippen LogP contribution < -0.4 is 15.4 Å². The maximum absolute atomic E-state index is 11.0. The number of nitrogens with two attached hydrogens (primary N) is 1. The number of ether oxygens (including phenoxy) is 1.